The van der Waals surface area contributed by atoms with Crippen molar-refractivity contribution in [3.8, 4) is 0 Å². The molecule has 0 aromatic heterocycles. The van der Waals surface area contributed by atoms with Crippen LogP contribution in [-0.2, 0) is 32.7 Å². The number of ether oxygens (including phenoxy) is 2. The molecule has 0 radical (unpaired) electrons. The zero-order valence-electron chi connectivity index (χ0n) is 35.1. The molecule has 0 aliphatic heterocycles. The van der Waals surface area contributed by atoms with E-state index in [2.05, 4.69) is 38.2 Å². The summed E-state index contributed by atoms with van der Waals surface area (Å²) in [7, 11) is -5.11. The van der Waals surface area contributed by atoms with Crippen LogP contribution in [0.5, 0.6) is 0 Å². The molecule has 0 aromatic rings. The van der Waals surface area contributed by atoms with Crippen molar-refractivity contribution in [3.05, 3.63) is 24.3 Å². The normalized spacial score (nSPS) is 22.9. The molecule has 0 saturated heterocycles. The number of phosphoric ester groups is 1. The summed E-state index contributed by atoms with van der Waals surface area (Å²) in [6.45, 7) is 3.25. The Kier molecular flexibility index (Phi) is 31.9. The topological polar surface area (TPSA) is 210 Å². The quantitative estimate of drug-likeness (QED) is 0.0153. The maximum Gasteiger partial charge on any atom is 0.472 e. The monoisotopic (exact) mass is 835 g/mol. The fourth-order valence-corrected chi connectivity index (χ4v) is 7.64. The first-order chi connectivity index (χ1) is 27.4. The van der Waals surface area contributed by atoms with E-state index in [0.29, 0.717) is 12.8 Å². The van der Waals surface area contributed by atoms with Gasteiger partial charge in [-0.1, -0.05) is 147 Å². The Balaban J connectivity index is 2.49. The minimum absolute atomic E-state index is 0.0831. The van der Waals surface area contributed by atoms with Crippen molar-refractivity contribution in [1.29, 1.82) is 0 Å². The van der Waals surface area contributed by atoms with Crippen molar-refractivity contribution in [2.75, 3.05) is 13.2 Å². The van der Waals surface area contributed by atoms with Crippen LogP contribution in [0.1, 0.15) is 181 Å². The number of aliphatic hydroxyl groups excluding tert-OH is 5. The Bertz CT molecular complexity index is 1100. The Morgan fingerprint density at radius 1 is 0.544 bits per heavy atom. The van der Waals surface area contributed by atoms with Crippen LogP contribution < -0.4 is 0 Å². The average molecular weight is 835 g/mol. The standard InChI is InChI=1S/C43H79O13P/c1-3-5-7-9-11-13-15-17-18-20-22-24-26-28-30-32-37(45)55-35(34-54-57(51,52)56-43-41(49)39(47)38(46)40(48)42(43)50)33-53-36(44)31-29-27-25-23-21-19-16-14-12-10-8-6-4-2/h11,13,17-18,35,38-43,46-50H,3-10,12,14-16,19-34H2,1-2H3,(H,51,52)/t35-,38?,39-,40?,41?,42?,43?/m1/s1. The lowest BCUT2D eigenvalue weighted by atomic mass is 9.85. The van der Waals surface area contributed by atoms with Gasteiger partial charge in [0.2, 0.25) is 0 Å². The minimum atomic E-state index is -5.11. The summed E-state index contributed by atoms with van der Waals surface area (Å²) in [5.74, 6) is -1.11. The van der Waals surface area contributed by atoms with Crippen LogP contribution >= 0.6 is 7.82 Å². The third-order valence-corrected chi connectivity index (χ3v) is 11.3. The van der Waals surface area contributed by atoms with Crippen LogP contribution in [0.25, 0.3) is 0 Å². The van der Waals surface area contributed by atoms with Gasteiger partial charge in [-0.25, -0.2) is 4.57 Å². The number of hydrogen-bond acceptors (Lipinski definition) is 12. The second kappa shape index (κ2) is 34.1. The van der Waals surface area contributed by atoms with E-state index in [9.17, 15) is 44.6 Å². The van der Waals surface area contributed by atoms with Gasteiger partial charge in [0.05, 0.1) is 6.61 Å². The summed E-state index contributed by atoms with van der Waals surface area (Å²) in [5.41, 5.74) is 0. The lowest BCUT2D eigenvalue weighted by molar-refractivity contribution is -0.220. The van der Waals surface area contributed by atoms with Gasteiger partial charge in [0.15, 0.2) is 6.10 Å². The molecule has 8 atom stereocenters. The Labute approximate surface area is 343 Å². The number of allylic oxidation sites excluding steroid dienone is 4. The molecule has 1 saturated carbocycles. The van der Waals surface area contributed by atoms with Crippen LogP contribution in [0.2, 0.25) is 0 Å². The van der Waals surface area contributed by atoms with Gasteiger partial charge in [0, 0.05) is 12.8 Å². The molecule has 14 heteroatoms. The SMILES string of the molecule is CCCCCC=CCC=CCCCCCCCC(=O)O[C@H](COC(=O)CCCCCCCCCCCCCCC)COP(=O)(O)OC1C(O)C(O)C(O)[C@@H](O)C1O. The molecule has 0 spiro atoms. The van der Waals surface area contributed by atoms with Gasteiger partial charge in [-0.15, -0.1) is 0 Å². The van der Waals surface area contributed by atoms with E-state index in [4.69, 9.17) is 18.5 Å². The van der Waals surface area contributed by atoms with Crippen LogP contribution in [0.3, 0.4) is 0 Å². The number of aliphatic hydroxyl groups is 5. The van der Waals surface area contributed by atoms with E-state index < -0.39 is 75.7 Å². The highest BCUT2D eigenvalue weighted by Gasteiger charge is 2.51. The van der Waals surface area contributed by atoms with E-state index in [1.807, 2.05) is 0 Å². The molecule has 6 unspecified atom stereocenters. The molecular formula is C43H79O13P. The first-order valence-electron chi connectivity index (χ1n) is 22.1. The Hall–Kier alpha value is -1.67. The van der Waals surface area contributed by atoms with Crippen LogP contribution in [-0.4, -0.2) is 98.3 Å². The largest absolute Gasteiger partial charge is 0.472 e. The molecule has 334 valence electrons. The number of carbonyl (C=O) groups is 2. The lowest BCUT2D eigenvalue weighted by Crippen LogP contribution is -2.64. The first kappa shape index (κ1) is 53.3. The number of hydrogen-bond donors (Lipinski definition) is 6. The third kappa shape index (κ3) is 26.9. The molecule has 13 nitrogen and oxygen atoms in total. The van der Waals surface area contributed by atoms with Crippen molar-refractivity contribution in [3.63, 3.8) is 0 Å². The van der Waals surface area contributed by atoms with Gasteiger partial charge in [0.25, 0.3) is 0 Å². The zero-order chi connectivity index (χ0) is 42.2. The number of phosphoric acid groups is 1. The molecule has 1 aliphatic rings. The molecular weight excluding hydrogens is 755 g/mol. The number of rotatable bonds is 36. The van der Waals surface area contributed by atoms with Crippen molar-refractivity contribution in [2.45, 2.75) is 224 Å². The van der Waals surface area contributed by atoms with E-state index in [-0.39, 0.29) is 12.8 Å². The number of esters is 2. The second-order valence-electron chi connectivity index (χ2n) is 15.6. The second-order valence-corrected chi connectivity index (χ2v) is 17.0. The zero-order valence-corrected chi connectivity index (χ0v) is 36.0. The maximum atomic E-state index is 12.8. The summed E-state index contributed by atoms with van der Waals surface area (Å²) in [4.78, 5) is 35.6. The molecule has 0 amide bonds. The van der Waals surface area contributed by atoms with Crippen LogP contribution in [0, 0.1) is 0 Å². The van der Waals surface area contributed by atoms with Gasteiger partial charge in [0.1, 0.15) is 43.2 Å². The molecule has 57 heavy (non-hydrogen) atoms. The summed E-state index contributed by atoms with van der Waals surface area (Å²) in [5, 5.41) is 50.1. The Morgan fingerprint density at radius 3 is 1.46 bits per heavy atom. The van der Waals surface area contributed by atoms with Crippen molar-refractivity contribution >= 4 is 19.8 Å². The van der Waals surface area contributed by atoms with Gasteiger partial charge in [-0.3, -0.25) is 18.6 Å². The average Bonchev–Trinajstić information content (AvgIpc) is 3.19. The predicted molar refractivity (Wildman–Crippen MR) is 221 cm³/mol. The van der Waals surface area contributed by atoms with Crippen molar-refractivity contribution in [2.24, 2.45) is 0 Å². The highest BCUT2D eigenvalue weighted by molar-refractivity contribution is 7.47. The highest BCUT2D eigenvalue weighted by atomic mass is 31.2. The molecule has 1 rings (SSSR count). The molecule has 0 bridgehead atoms. The summed E-state index contributed by atoms with van der Waals surface area (Å²) in [6.07, 6.45) is 22.3. The number of unbranched alkanes of at least 4 members (excludes halogenated alkanes) is 20. The lowest BCUT2D eigenvalue weighted by Gasteiger charge is -2.41. The van der Waals surface area contributed by atoms with Gasteiger partial charge < -0.3 is 39.9 Å². The molecule has 1 fully saturated rings. The molecule has 1 aliphatic carbocycles. The smallest absolute Gasteiger partial charge is 0.462 e. The predicted octanol–water partition coefficient (Wildman–Crippen LogP) is 8.06. The highest BCUT2D eigenvalue weighted by Crippen LogP contribution is 2.47. The summed E-state index contributed by atoms with van der Waals surface area (Å²) >= 11 is 0. The third-order valence-electron chi connectivity index (χ3n) is 10.3. The number of carbonyl (C=O) groups excluding carboxylic acids is 2. The first-order valence-corrected chi connectivity index (χ1v) is 23.6. The minimum Gasteiger partial charge on any atom is -0.462 e. The fraction of sp³-hybridized carbons (Fsp3) is 0.860. The van der Waals surface area contributed by atoms with Crippen LogP contribution in [0.4, 0.5) is 0 Å². The van der Waals surface area contributed by atoms with Crippen molar-refractivity contribution in [1.82, 2.24) is 0 Å². The summed E-state index contributed by atoms with van der Waals surface area (Å²) < 4.78 is 33.5. The molecule has 6 N–H and O–H groups in total. The fourth-order valence-electron chi connectivity index (χ4n) is 6.67. The van der Waals surface area contributed by atoms with Crippen LogP contribution in [0.15, 0.2) is 24.3 Å². The molecule has 0 heterocycles. The van der Waals surface area contributed by atoms with Crippen molar-refractivity contribution < 1.29 is 63.1 Å². The van der Waals surface area contributed by atoms with Gasteiger partial charge >= 0.3 is 19.8 Å². The van der Waals surface area contributed by atoms with E-state index in [0.717, 1.165) is 64.2 Å². The van der Waals surface area contributed by atoms with Gasteiger partial charge in [-0.05, 0) is 44.9 Å². The maximum absolute atomic E-state index is 12.8. The van der Waals surface area contributed by atoms with E-state index in [1.165, 1.54) is 77.0 Å². The van der Waals surface area contributed by atoms with E-state index in [1.54, 1.807) is 0 Å². The Morgan fingerprint density at radius 2 is 0.947 bits per heavy atom. The summed E-state index contributed by atoms with van der Waals surface area (Å²) in [6, 6.07) is 0. The van der Waals surface area contributed by atoms with Gasteiger partial charge in [-0.2, -0.15) is 0 Å². The van der Waals surface area contributed by atoms with E-state index >= 15 is 0 Å². The molecule has 0 aromatic carbocycles.